The quantitative estimate of drug-likeness (QED) is 0.628. The first-order valence-electron chi connectivity index (χ1n) is 2.79. The van der Waals surface area contributed by atoms with Crippen molar-refractivity contribution in [2.75, 3.05) is 0 Å². The predicted octanol–water partition coefficient (Wildman–Crippen LogP) is 1.48. The Morgan fingerprint density at radius 1 is 1.27 bits per heavy atom. The highest BCUT2D eigenvalue weighted by Gasteiger charge is 2.11. The number of aldehydes is 1. The fourth-order valence-corrected chi connectivity index (χ4v) is 0.645. The molecule has 0 aliphatic rings. The SMILES string of the molecule is O=Cc1ccc(O)c(F)c1F. The van der Waals surface area contributed by atoms with Crippen molar-refractivity contribution in [3.05, 3.63) is 29.3 Å². The van der Waals surface area contributed by atoms with Gasteiger partial charge in [-0.25, -0.2) is 4.39 Å². The van der Waals surface area contributed by atoms with Gasteiger partial charge < -0.3 is 5.11 Å². The Morgan fingerprint density at radius 3 is 2.45 bits per heavy atom. The highest BCUT2D eigenvalue weighted by molar-refractivity contribution is 5.75. The minimum atomic E-state index is -1.39. The molecule has 0 spiro atoms. The third-order valence-corrected chi connectivity index (χ3v) is 1.22. The van der Waals surface area contributed by atoms with Crippen molar-refractivity contribution in [3.8, 4) is 5.75 Å². The van der Waals surface area contributed by atoms with Gasteiger partial charge in [-0.2, -0.15) is 4.39 Å². The van der Waals surface area contributed by atoms with Crippen molar-refractivity contribution >= 4 is 6.29 Å². The summed E-state index contributed by atoms with van der Waals surface area (Å²) < 4.78 is 24.9. The van der Waals surface area contributed by atoms with E-state index >= 15 is 0 Å². The van der Waals surface area contributed by atoms with Gasteiger partial charge in [0.25, 0.3) is 0 Å². The standard InChI is InChI=1S/C7H4F2O2/c8-6-4(3-10)1-2-5(11)7(6)9/h1-3,11H. The second kappa shape index (κ2) is 2.65. The maximum absolute atomic E-state index is 12.5. The zero-order chi connectivity index (χ0) is 8.43. The summed E-state index contributed by atoms with van der Waals surface area (Å²) in [4.78, 5) is 10.0. The number of benzene rings is 1. The molecule has 0 aliphatic carbocycles. The zero-order valence-electron chi connectivity index (χ0n) is 5.34. The lowest BCUT2D eigenvalue weighted by atomic mass is 10.2. The molecule has 1 N–H and O–H groups in total. The number of halogens is 2. The maximum atomic E-state index is 12.5. The fourth-order valence-electron chi connectivity index (χ4n) is 0.645. The second-order valence-electron chi connectivity index (χ2n) is 1.92. The fraction of sp³-hybridized carbons (Fsp3) is 0. The van der Waals surface area contributed by atoms with E-state index in [0.717, 1.165) is 12.1 Å². The lowest BCUT2D eigenvalue weighted by Gasteiger charge is -1.97. The Balaban J connectivity index is 3.36. The van der Waals surface area contributed by atoms with Gasteiger partial charge >= 0.3 is 0 Å². The molecule has 0 saturated carbocycles. The van der Waals surface area contributed by atoms with E-state index in [4.69, 9.17) is 5.11 Å². The van der Waals surface area contributed by atoms with Crippen LogP contribution in [0.5, 0.6) is 5.75 Å². The summed E-state index contributed by atoms with van der Waals surface area (Å²) in [5.74, 6) is -3.51. The van der Waals surface area contributed by atoms with Crippen LogP contribution in [0.15, 0.2) is 12.1 Å². The number of hydrogen-bond acceptors (Lipinski definition) is 2. The van der Waals surface area contributed by atoms with Crippen LogP contribution in [0.4, 0.5) is 8.78 Å². The molecule has 0 heterocycles. The van der Waals surface area contributed by atoms with Crippen molar-refractivity contribution in [1.82, 2.24) is 0 Å². The van der Waals surface area contributed by atoms with Crippen LogP contribution in [-0.4, -0.2) is 11.4 Å². The smallest absolute Gasteiger partial charge is 0.201 e. The highest BCUT2D eigenvalue weighted by Crippen LogP contribution is 2.19. The van der Waals surface area contributed by atoms with Crippen LogP contribution in [0.2, 0.25) is 0 Å². The average Bonchev–Trinajstić information content (AvgIpc) is 2.01. The Morgan fingerprint density at radius 2 is 1.91 bits per heavy atom. The van der Waals surface area contributed by atoms with Crippen LogP contribution in [0.3, 0.4) is 0 Å². The molecule has 0 fully saturated rings. The largest absolute Gasteiger partial charge is 0.505 e. The van der Waals surface area contributed by atoms with Gasteiger partial charge in [-0.3, -0.25) is 4.79 Å². The van der Waals surface area contributed by atoms with Gasteiger partial charge in [-0.05, 0) is 12.1 Å². The molecule has 0 saturated heterocycles. The van der Waals surface area contributed by atoms with E-state index in [1.54, 1.807) is 0 Å². The molecule has 1 aromatic carbocycles. The lowest BCUT2D eigenvalue weighted by molar-refractivity contribution is 0.111. The summed E-state index contributed by atoms with van der Waals surface area (Å²) in [6, 6.07) is 1.92. The van der Waals surface area contributed by atoms with Crippen molar-refractivity contribution in [1.29, 1.82) is 0 Å². The van der Waals surface area contributed by atoms with Gasteiger partial charge in [0, 0.05) is 0 Å². The molecule has 58 valence electrons. The Hall–Kier alpha value is -1.45. The average molecular weight is 158 g/mol. The first-order chi connectivity index (χ1) is 5.16. The third kappa shape index (κ3) is 1.19. The Bertz CT molecular complexity index is 297. The van der Waals surface area contributed by atoms with Crippen LogP contribution in [-0.2, 0) is 0 Å². The molecule has 0 radical (unpaired) electrons. The second-order valence-corrected chi connectivity index (χ2v) is 1.92. The van der Waals surface area contributed by atoms with Crippen LogP contribution in [0.1, 0.15) is 10.4 Å². The normalized spacial score (nSPS) is 9.64. The minimum Gasteiger partial charge on any atom is -0.505 e. The molecule has 0 amide bonds. The van der Waals surface area contributed by atoms with Crippen LogP contribution >= 0.6 is 0 Å². The minimum absolute atomic E-state index is 0.178. The molecule has 2 nitrogen and oxygen atoms in total. The number of carbonyl (C=O) groups is 1. The molecule has 0 aliphatic heterocycles. The van der Waals surface area contributed by atoms with E-state index in [2.05, 4.69) is 0 Å². The monoisotopic (exact) mass is 158 g/mol. The van der Waals surface area contributed by atoms with E-state index in [-0.39, 0.29) is 6.29 Å². The third-order valence-electron chi connectivity index (χ3n) is 1.22. The summed E-state index contributed by atoms with van der Waals surface area (Å²) in [7, 11) is 0. The van der Waals surface area contributed by atoms with E-state index in [1.165, 1.54) is 0 Å². The molecule has 1 rings (SSSR count). The predicted molar refractivity (Wildman–Crippen MR) is 33.4 cm³/mol. The highest BCUT2D eigenvalue weighted by atomic mass is 19.2. The number of carbonyl (C=O) groups excluding carboxylic acids is 1. The van der Waals surface area contributed by atoms with Crippen molar-refractivity contribution < 1.29 is 18.7 Å². The van der Waals surface area contributed by atoms with Crippen molar-refractivity contribution in [3.63, 3.8) is 0 Å². The summed E-state index contributed by atoms with van der Waals surface area (Å²) in [6.45, 7) is 0. The summed E-state index contributed by atoms with van der Waals surface area (Å²) in [6.07, 6.45) is 0.178. The van der Waals surface area contributed by atoms with E-state index < -0.39 is 22.9 Å². The molecule has 0 aromatic heterocycles. The molecule has 1 aromatic rings. The molecule has 4 heteroatoms. The molecule has 0 bridgehead atoms. The van der Waals surface area contributed by atoms with Crippen LogP contribution < -0.4 is 0 Å². The number of phenols is 1. The van der Waals surface area contributed by atoms with E-state index in [9.17, 15) is 13.6 Å². The first-order valence-corrected chi connectivity index (χ1v) is 2.79. The van der Waals surface area contributed by atoms with Gasteiger partial charge in [0.1, 0.15) is 0 Å². The van der Waals surface area contributed by atoms with Gasteiger partial charge in [-0.1, -0.05) is 0 Å². The molecule has 0 atom stereocenters. The number of phenolic OH excluding ortho intramolecular Hbond substituents is 1. The lowest BCUT2D eigenvalue weighted by Crippen LogP contribution is -1.91. The number of rotatable bonds is 1. The van der Waals surface area contributed by atoms with Crippen molar-refractivity contribution in [2.24, 2.45) is 0 Å². The van der Waals surface area contributed by atoms with E-state index in [0.29, 0.717) is 0 Å². The van der Waals surface area contributed by atoms with Crippen molar-refractivity contribution in [2.45, 2.75) is 0 Å². The molecular formula is C7H4F2O2. The maximum Gasteiger partial charge on any atom is 0.201 e. The van der Waals surface area contributed by atoms with Crippen LogP contribution in [0.25, 0.3) is 0 Å². The summed E-state index contributed by atoms with van der Waals surface area (Å²) >= 11 is 0. The van der Waals surface area contributed by atoms with Gasteiger partial charge in [0.15, 0.2) is 17.9 Å². The summed E-state index contributed by atoms with van der Waals surface area (Å²) in [5, 5.41) is 8.59. The molecular weight excluding hydrogens is 154 g/mol. The van der Waals surface area contributed by atoms with Crippen LogP contribution in [0, 0.1) is 11.6 Å². The van der Waals surface area contributed by atoms with Gasteiger partial charge in [-0.15, -0.1) is 0 Å². The van der Waals surface area contributed by atoms with Gasteiger partial charge in [0.05, 0.1) is 5.56 Å². The number of aromatic hydroxyl groups is 1. The zero-order valence-corrected chi connectivity index (χ0v) is 5.34. The Kier molecular flexibility index (Phi) is 1.85. The molecule has 11 heavy (non-hydrogen) atoms. The topological polar surface area (TPSA) is 37.3 Å². The van der Waals surface area contributed by atoms with E-state index in [1.807, 2.05) is 0 Å². The molecule has 0 unspecified atom stereocenters. The Labute approximate surface area is 61.1 Å². The van der Waals surface area contributed by atoms with Gasteiger partial charge in [0.2, 0.25) is 5.82 Å². The number of hydrogen-bond donors (Lipinski definition) is 1. The first kappa shape index (κ1) is 7.65. The summed E-state index contributed by atoms with van der Waals surface area (Å²) in [5.41, 5.74) is -0.402.